The fourth-order valence-electron chi connectivity index (χ4n) is 9.81. The molecule has 1 aliphatic heterocycles. The normalized spacial score (nSPS) is 12.5. The van der Waals surface area contributed by atoms with Crippen LogP contribution in [0.15, 0.2) is 174 Å². The second-order valence-corrected chi connectivity index (χ2v) is 16.3. The summed E-state index contributed by atoms with van der Waals surface area (Å²) in [5.41, 5.74) is 15.4. The zero-order chi connectivity index (χ0) is 37.6. The molecule has 1 aliphatic rings. The first kappa shape index (κ1) is 30.7. The predicted molar refractivity (Wildman–Crippen MR) is 241 cm³/mol. The Balaban J connectivity index is 1.11. The standard InChI is InChI=1S/C52H28N4OS/c1-2-13-31-30(12-1)32-14-3-7-20-41(32)55-43-27-38-33-15-4-8-21-42(33)56(44(38)28-39(43)36-19-11-18-35(31)50(36)55)52-53-48(51-49(54-52)37-17-6-10-23-47(37)58-51)29-24-25-46-40(26-29)34-16-5-9-22-45(34)57-46/h1-28H. The van der Waals surface area contributed by atoms with Crippen LogP contribution < -0.4 is 0 Å². The van der Waals surface area contributed by atoms with E-state index in [2.05, 4.69) is 167 Å². The summed E-state index contributed by atoms with van der Waals surface area (Å²) in [4.78, 5) is 11.1. The van der Waals surface area contributed by atoms with E-state index in [0.717, 1.165) is 70.6 Å². The molecule has 0 spiro atoms. The Morgan fingerprint density at radius 2 is 1.09 bits per heavy atom. The monoisotopic (exact) mass is 756 g/mol. The predicted octanol–water partition coefficient (Wildman–Crippen LogP) is 14.3. The van der Waals surface area contributed by atoms with Gasteiger partial charge in [-0.05, 0) is 65.7 Å². The maximum absolute atomic E-state index is 6.25. The number of para-hydroxylation sites is 4. The van der Waals surface area contributed by atoms with Gasteiger partial charge < -0.3 is 8.98 Å². The molecule has 6 heteroatoms. The summed E-state index contributed by atoms with van der Waals surface area (Å²) in [5.74, 6) is 0.651. The van der Waals surface area contributed by atoms with Crippen LogP contribution in [0.1, 0.15) is 0 Å². The van der Waals surface area contributed by atoms with Crippen molar-refractivity contribution in [3.05, 3.63) is 170 Å². The highest BCUT2D eigenvalue weighted by atomic mass is 32.1. The molecule has 0 bridgehead atoms. The van der Waals surface area contributed by atoms with Crippen LogP contribution in [0.3, 0.4) is 0 Å². The van der Waals surface area contributed by atoms with Gasteiger partial charge in [0.25, 0.3) is 0 Å². The molecule has 0 amide bonds. The van der Waals surface area contributed by atoms with Crippen molar-refractivity contribution in [1.82, 2.24) is 19.1 Å². The number of furan rings is 1. The summed E-state index contributed by atoms with van der Waals surface area (Å²) in [6.45, 7) is 0. The highest BCUT2D eigenvalue weighted by Gasteiger charge is 2.26. The summed E-state index contributed by atoms with van der Waals surface area (Å²) in [7, 11) is 0. The van der Waals surface area contributed by atoms with E-state index in [9.17, 15) is 0 Å². The Kier molecular flexibility index (Phi) is 5.85. The van der Waals surface area contributed by atoms with E-state index in [0.29, 0.717) is 5.95 Å². The minimum absolute atomic E-state index is 0.651. The summed E-state index contributed by atoms with van der Waals surface area (Å²) in [5, 5.41) is 8.05. The fourth-order valence-corrected chi connectivity index (χ4v) is 11.0. The highest BCUT2D eigenvalue weighted by molar-refractivity contribution is 7.26. The van der Waals surface area contributed by atoms with Crippen molar-refractivity contribution >= 4 is 97.2 Å². The summed E-state index contributed by atoms with van der Waals surface area (Å²) < 4.78 is 13.3. The van der Waals surface area contributed by atoms with Gasteiger partial charge in [-0.15, -0.1) is 11.3 Å². The van der Waals surface area contributed by atoms with Gasteiger partial charge in [-0.3, -0.25) is 4.57 Å². The van der Waals surface area contributed by atoms with Crippen LogP contribution in [-0.4, -0.2) is 19.1 Å². The van der Waals surface area contributed by atoms with E-state index in [1.807, 2.05) is 12.1 Å². The van der Waals surface area contributed by atoms with Crippen LogP contribution >= 0.6 is 11.3 Å². The average Bonchev–Trinajstić information content (AvgIpc) is 4.01. The molecule has 6 heterocycles. The number of fused-ring (bicyclic) bond motifs is 17. The number of rotatable bonds is 2. The molecular formula is C52H28N4OS. The smallest absolute Gasteiger partial charge is 0.235 e. The van der Waals surface area contributed by atoms with Crippen LogP contribution in [0.4, 0.5) is 0 Å². The maximum atomic E-state index is 6.25. The van der Waals surface area contributed by atoms with Crippen LogP contribution in [0, 0.1) is 0 Å². The van der Waals surface area contributed by atoms with Gasteiger partial charge in [0, 0.05) is 59.1 Å². The van der Waals surface area contributed by atoms with Gasteiger partial charge in [0.2, 0.25) is 5.95 Å². The van der Waals surface area contributed by atoms with Crippen molar-refractivity contribution in [2.75, 3.05) is 0 Å². The Hall–Kier alpha value is -7.54. The second-order valence-electron chi connectivity index (χ2n) is 15.3. The molecule has 0 fully saturated rings. The average molecular weight is 757 g/mol. The summed E-state index contributed by atoms with van der Waals surface area (Å²) >= 11 is 1.75. The van der Waals surface area contributed by atoms with Crippen LogP contribution in [0.5, 0.6) is 0 Å². The molecule has 0 aliphatic carbocycles. The Morgan fingerprint density at radius 1 is 0.431 bits per heavy atom. The molecule has 0 unspecified atom stereocenters. The minimum Gasteiger partial charge on any atom is -0.456 e. The van der Waals surface area contributed by atoms with Gasteiger partial charge in [-0.2, -0.15) is 0 Å². The lowest BCUT2D eigenvalue weighted by molar-refractivity contribution is 0.669. The number of aromatic nitrogens is 4. The topological polar surface area (TPSA) is 48.8 Å². The first-order chi connectivity index (χ1) is 28.8. The van der Waals surface area contributed by atoms with Crippen molar-refractivity contribution < 1.29 is 4.42 Å². The summed E-state index contributed by atoms with van der Waals surface area (Å²) in [6.07, 6.45) is 0. The molecule has 8 aromatic carbocycles. The van der Waals surface area contributed by atoms with Crippen molar-refractivity contribution in [3.63, 3.8) is 0 Å². The van der Waals surface area contributed by atoms with Gasteiger partial charge in [-0.1, -0.05) is 115 Å². The molecule has 5 nitrogen and oxygen atoms in total. The van der Waals surface area contributed by atoms with E-state index in [-0.39, 0.29) is 0 Å². The van der Waals surface area contributed by atoms with Crippen LogP contribution in [-0.2, 0) is 0 Å². The van der Waals surface area contributed by atoms with Gasteiger partial charge in [0.1, 0.15) is 11.2 Å². The number of hydrogen-bond donors (Lipinski definition) is 0. The van der Waals surface area contributed by atoms with E-state index in [1.54, 1.807) is 11.3 Å². The van der Waals surface area contributed by atoms with Crippen LogP contribution in [0.2, 0.25) is 0 Å². The Morgan fingerprint density at radius 3 is 1.98 bits per heavy atom. The number of thiophene rings is 1. The number of hydrogen-bond acceptors (Lipinski definition) is 4. The molecule has 14 rings (SSSR count). The third kappa shape index (κ3) is 3.94. The van der Waals surface area contributed by atoms with Gasteiger partial charge in [-0.25, -0.2) is 9.97 Å². The van der Waals surface area contributed by atoms with Crippen molar-refractivity contribution in [2.24, 2.45) is 0 Å². The van der Waals surface area contributed by atoms with E-state index < -0.39 is 0 Å². The highest BCUT2D eigenvalue weighted by Crippen LogP contribution is 2.48. The molecule has 0 radical (unpaired) electrons. The maximum Gasteiger partial charge on any atom is 0.235 e. The third-order valence-electron chi connectivity index (χ3n) is 12.3. The van der Waals surface area contributed by atoms with E-state index >= 15 is 0 Å². The molecule has 0 atom stereocenters. The molecule has 5 aromatic heterocycles. The van der Waals surface area contributed by atoms with Crippen molar-refractivity contribution in [3.8, 4) is 45.1 Å². The largest absolute Gasteiger partial charge is 0.456 e. The van der Waals surface area contributed by atoms with Gasteiger partial charge >= 0.3 is 0 Å². The number of nitrogens with zero attached hydrogens (tertiary/aromatic N) is 4. The molecule has 0 saturated carbocycles. The fraction of sp³-hybridized carbons (Fsp3) is 0. The van der Waals surface area contributed by atoms with Crippen molar-refractivity contribution in [1.29, 1.82) is 0 Å². The molecule has 13 aromatic rings. The summed E-state index contributed by atoms with van der Waals surface area (Å²) in [6, 6.07) is 61.2. The minimum atomic E-state index is 0.651. The van der Waals surface area contributed by atoms with Crippen LogP contribution in [0.25, 0.3) is 131 Å². The lowest BCUT2D eigenvalue weighted by Crippen LogP contribution is -2.02. The second kappa shape index (κ2) is 11.1. The lowest BCUT2D eigenvalue weighted by atomic mass is 9.94. The quantitative estimate of drug-likeness (QED) is 0.176. The molecule has 0 saturated heterocycles. The van der Waals surface area contributed by atoms with Gasteiger partial charge in [0.05, 0.1) is 43.7 Å². The number of benzene rings is 8. The lowest BCUT2D eigenvalue weighted by Gasteiger charge is -2.12. The molecular weight excluding hydrogens is 729 g/mol. The molecule has 58 heavy (non-hydrogen) atoms. The Bertz CT molecular complexity index is 3940. The zero-order valence-corrected chi connectivity index (χ0v) is 31.6. The third-order valence-corrected chi connectivity index (χ3v) is 13.5. The van der Waals surface area contributed by atoms with E-state index in [1.165, 1.54) is 54.4 Å². The van der Waals surface area contributed by atoms with Crippen molar-refractivity contribution in [2.45, 2.75) is 0 Å². The first-order valence-electron chi connectivity index (χ1n) is 19.6. The zero-order valence-electron chi connectivity index (χ0n) is 30.8. The first-order valence-corrected chi connectivity index (χ1v) is 20.4. The molecule has 268 valence electrons. The van der Waals surface area contributed by atoms with E-state index in [4.69, 9.17) is 14.4 Å². The molecule has 0 N–H and O–H groups in total. The Labute approximate surface area is 334 Å². The van der Waals surface area contributed by atoms with Gasteiger partial charge in [0.15, 0.2) is 0 Å². The SMILES string of the molecule is c1ccc2c(c1)-c1ccccc1-n1c3cc4c5ccccc5n(-c5nc(-c6ccc7oc8ccccc8c7c6)c6sc7ccccc7c6n5)c4cc3c3cccc-2c31.